The Bertz CT molecular complexity index is 266. The molecule has 0 saturated carbocycles. The van der Waals surface area contributed by atoms with Crippen molar-refractivity contribution in [2.24, 2.45) is 16.3 Å². The second-order valence-electron chi connectivity index (χ2n) is 5.99. The molecular formula is C13H27N3O. The first kappa shape index (κ1) is 14.3. The van der Waals surface area contributed by atoms with E-state index in [4.69, 9.17) is 10.9 Å². The molecule has 1 fully saturated rings. The fourth-order valence-corrected chi connectivity index (χ4v) is 2.59. The summed E-state index contributed by atoms with van der Waals surface area (Å²) in [6, 6.07) is 1.31. The summed E-state index contributed by atoms with van der Waals surface area (Å²) in [7, 11) is 0. The number of hydrogen-bond acceptors (Lipinski definition) is 3. The lowest BCUT2D eigenvalue weighted by atomic mass is 9.86. The molecule has 0 bridgehead atoms. The van der Waals surface area contributed by atoms with Crippen molar-refractivity contribution >= 4 is 5.84 Å². The van der Waals surface area contributed by atoms with Crippen LogP contribution in [0.1, 0.15) is 53.4 Å². The van der Waals surface area contributed by atoms with Crippen molar-refractivity contribution in [3.05, 3.63) is 0 Å². The lowest BCUT2D eigenvalue weighted by Crippen LogP contribution is -2.46. The smallest absolute Gasteiger partial charge is 0.144 e. The van der Waals surface area contributed by atoms with Crippen LogP contribution in [0, 0.1) is 5.41 Å². The summed E-state index contributed by atoms with van der Waals surface area (Å²) in [6.07, 6.45) is 4.84. The Kier molecular flexibility index (Phi) is 4.80. The standard InChI is InChI=1S/C13H27N3O/c1-10-6-5-7-11(2)16(10)9-8-13(3,4)12(14)15-17/h10-11,17H,5-9H2,1-4H3,(H2,14,15)/t10-,11+. The van der Waals surface area contributed by atoms with Gasteiger partial charge in [-0.3, -0.25) is 4.90 Å². The van der Waals surface area contributed by atoms with Crippen LogP contribution >= 0.6 is 0 Å². The fourth-order valence-electron chi connectivity index (χ4n) is 2.59. The van der Waals surface area contributed by atoms with E-state index in [1.54, 1.807) is 0 Å². The van der Waals surface area contributed by atoms with Gasteiger partial charge in [0.2, 0.25) is 0 Å². The highest BCUT2D eigenvalue weighted by Crippen LogP contribution is 2.26. The monoisotopic (exact) mass is 241 g/mol. The quantitative estimate of drug-likeness (QED) is 0.344. The van der Waals surface area contributed by atoms with Gasteiger partial charge < -0.3 is 10.9 Å². The zero-order valence-electron chi connectivity index (χ0n) is 11.6. The van der Waals surface area contributed by atoms with Gasteiger partial charge in [0.15, 0.2) is 0 Å². The first-order valence-electron chi connectivity index (χ1n) is 6.62. The molecule has 3 N–H and O–H groups in total. The third-order valence-corrected chi connectivity index (χ3v) is 4.17. The molecule has 1 heterocycles. The maximum absolute atomic E-state index is 8.76. The molecule has 17 heavy (non-hydrogen) atoms. The minimum Gasteiger partial charge on any atom is -0.409 e. The van der Waals surface area contributed by atoms with Crippen LogP contribution in [0.2, 0.25) is 0 Å². The van der Waals surface area contributed by atoms with Gasteiger partial charge in [0.1, 0.15) is 5.84 Å². The summed E-state index contributed by atoms with van der Waals surface area (Å²) in [5.74, 6) is 0.329. The summed E-state index contributed by atoms with van der Waals surface area (Å²) in [5.41, 5.74) is 5.49. The second kappa shape index (κ2) is 5.71. The lowest BCUT2D eigenvalue weighted by Gasteiger charge is -2.40. The average molecular weight is 241 g/mol. The maximum atomic E-state index is 8.76. The number of amidine groups is 1. The van der Waals surface area contributed by atoms with Crippen molar-refractivity contribution in [3.63, 3.8) is 0 Å². The molecule has 4 nitrogen and oxygen atoms in total. The molecule has 0 unspecified atom stereocenters. The minimum atomic E-state index is -0.231. The molecule has 1 rings (SSSR count). The molecule has 100 valence electrons. The number of nitrogens with two attached hydrogens (primary N) is 1. The van der Waals surface area contributed by atoms with Crippen LogP contribution in [-0.4, -0.2) is 34.6 Å². The molecule has 0 radical (unpaired) electrons. The first-order valence-corrected chi connectivity index (χ1v) is 6.62. The zero-order chi connectivity index (χ0) is 13.1. The molecule has 2 atom stereocenters. The Balaban J connectivity index is 2.54. The maximum Gasteiger partial charge on any atom is 0.144 e. The number of nitrogens with zero attached hydrogens (tertiary/aromatic N) is 2. The Morgan fingerprint density at radius 3 is 2.35 bits per heavy atom. The molecule has 4 heteroatoms. The van der Waals surface area contributed by atoms with Crippen molar-refractivity contribution in [2.45, 2.75) is 65.5 Å². The summed E-state index contributed by atoms with van der Waals surface area (Å²) in [6.45, 7) is 9.67. The third-order valence-electron chi connectivity index (χ3n) is 4.17. The Labute approximate surface area is 105 Å². The average Bonchev–Trinajstić information content (AvgIpc) is 2.27. The van der Waals surface area contributed by atoms with Gasteiger partial charge in [-0.25, -0.2) is 0 Å². The van der Waals surface area contributed by atoms with Crippen molar-refractivity contribution in [3.8, 4) is 0 Å². The third kappa shape index (κ3) is 3.60. The van der Waals surface area contributed by atoms with E-state index in [1.165, 1.54) is 19.3 Å². The van der Waals surface area contributed by atoms with E-state index < -0.39 is 0 Å². The van der Waals surface area contributed by atoms with Crippen molar-refractivity contribution in [2.75, 3.05) is 6.54 Å². The number of piperidine rings is 1. The molecule has 0 aromatic heterocycles. The van der Waals surface area contributed by atoms with E-state index in [1.807, 2.05) is 13.8 Å². The van der Waals surface area contributed by atoms with E-state index in [-0.39, 0.29) is 5.41 Å². The molecule has 1 aliphatic heterocycles. The molecule has 0 spiro atoms. The minimum absolute atomic E-state index is 0.231. The summed E-state index contributed by atoms with van der Waals surface area (Å²) >= 11 is 0. The van der Waals surface area contributed by atoms with E-state index in [2.05, 4.69) is 23.9 Å². The van der Waals surface area contributed by atoms with Gasteiger partial charge in [0, 0.05) is 17.5 Å². The number of rotatable bonds is 4. The van der Waals surface area contributed by atoms with Crippen LogP contribution in [0.25, 0.3) is 0 Å². The van der Waals surface area contributed by atoms with Gasteiger partial charge in [-0.15, -0.1) is 0 Å². The predicted molar refractivity (Wildman–Crippen MR) is 71.3 cm³/mol. The van der Waals surface area contributed by atoms with Crippen molar-refractivity contribution in [1.29, 1.82) is 0 Å². The van der Waals surface area contributed by atoms with Crippen LogP contribution in [0.5, 0.6) is 0 Å². The fraction of sp³-hybridized carbons (Fsp3) is 0.923. The topological polar surface area (TPSA) is 61.8 Å². The first-order chi connectivity index (χ1) is 7.88. The predicted octanol–water partition coefficient (Wildman–Crippen LogP) is 2.41. The molecule has 1 saturated heterocycles. The highest BCUT2D eigenvalue weighted by molar-refractivity contribution is 5.85. The molecule has 0 aliphatic carbocycles. The van der Waals surface area contributed by atoms with Gasteiger partial charge in [-0.1, -0.05) is 25.4 Å². The highest BCUT2D eigenvalue weighted by Gasteiger charge is 2.29. The van der Waals surface area contributed by atoms with Gasteiger partial charge >= 0.3 is 0 Å². The lowest BCUT2D eigenvalue weighted by molar-refractivity contribution is 0.0937. The van der Waals surface area contributed by atoms with Crippen molar-refractivity contribution < 1.29 is 5.21 Å². The van der Waals surface area contributed by atoms with E-state index >= 15 is 0 Å². The summed E-state index contributed by atoms with van der Waals surface area (Å²) < 4.78 is 0. The summed E-state index contributed by atoms with van der Waals surface area (Å²) in [5, 5.41) is 11.9. The zero-order valence-corrected chi connectivity index (χ0v) is 11.6. The molecule has 0 amide bonds. The molecule has 0 aromatic rings. The van der Waals surface area contributed by atoms with Crippen LogP contribution in [-0.2, 0) is 0 Å². The number of hydrogen-bond donors (Lipinski definition) is 2. The SMILES string of the molecule is C[C@@H]1CCC[C@H](C)N1CCC(C)(C)C(N)=NO. The Morgan fingerprint density at radius 2 is 1.88 bits per heavy atom. The van der Waals surface area contributed by atoms with E-state index in [0.717, 1.165) is 13.0 Å². The van der Waals surface area contributed by atoms with E-state index in [0.29, 0.717) is 17.9 Å². The molecular weight excluding hydrogens is 214 g/mol. The van der Waals surface area contributed by atoms with Gasteiger partial charge in [0.25, 0.3) is 0 Å². The molecule has 1 aliphatic rings. The van der Waals surface area contributed by atoms with Crippen LogP contribution in [0.15, 0.2) is 5.16 Å². The largest absolute Gasteiger partial charge is 0.409 e. The number of oxime groups is 1. The van der Waals surface area contributed by atoms with E-state index in [9.17, 15) is 0 Å². The Morgan fingerprint density at radius 1 is 1.35 bits per heavy atom. The highest BCUT2D eigenvalue weighted by atomic mass is 16.4. The Hall–Kier alpha value is -0.770. The van der Waals surface area contributed by atoms with Crippen molar-refractivity contribution in [1.82, 2.24) is 4.90 Å². The van der Waals surface area contributed by atoms with Crippen LogP contribution in [0.4, 0.5) is 0 Å². The summed E-state index contributed by atoms with van der Waals surface area (Å²) in [4.78, 5) is 2.55. The van der Waals surface area contributed by atoms with Gasteiger partial charge in [0.05, 0.1) is 0 Å². The van der Waals surface area contributed by atoms with Crippen LogP contribution < -0.4 is 5.73 Å². The van der Waals surface area contributed by atoms with Gasteiger partial charge in [-0.2, -0.15) is 0 Å². The van der Waals surface area contributed by atoms with Gasteiger partial charge in [-0.05, 0) is 39.7 Å². The second-order valence-corrected chi connectivity index (χ2v) is 5.99. The number of likely N-dealkylation sites (tertiary alicyclic amines) is 1. The normalized spacial score (nSPS) is 28.4. The van der Waals surface area contributed by atoms with Crippen LogP contribution in [0.3, 0.4) is 0 Å². The molecule has 0 aromatic carbocycles.